The van der Waals surface area contributed by atoms with Gasteiger partial charge in [0.05, 0.1) is 0 Å². The van der Waals surface area contributed by atoms with E-state index in [4.69, 9.17) is 5.39 Å². The van der Waals surface area contributed by atoms with Gasteiger partial charge in [-0.3, -0.25) is 0 Å². The minimum Gasteiger partial charge on any atom is -0.202 e. The van der Waals surface area contributed by atoms with E-state index < -0.39 is 34.6 Å². The highest BCUT2D eigenvalue weighted by Crippen LogP contribution is 2.22. The fourth-order valence-corrected chi connectivity index (χ4v) is 1.46. The molecule has 0 aliphatic carbocycles. The van der Waals surface area contributed by atoms with Gasteiger partial charge in [-0.2, -0.15) is 0 Å². The van der Waals surface area contributed by atoms with E-state index in [0.29, 0.717) is 0 Å². The fraction of sp³-hybridized carbons (Fsp3) is 0. The Labute approximate surface area is 115 Å². The van der Waals surface area contributed by atoms with Crippen molar-refractivity contribution in [2.45, 2.75) is 0 Å². The molecule has 0 amide bonds. The van der Waals surface area contributed by atoms with Crippen molar-refractivity contribution in [2.24, 2.45) is 0 Å². The highest BCUT2D eigenvalue weighted by molar-refractivity contribution is 5.50. The van der Waals surface area contributed by atoms with Crippen molar-refractivity contribution in [3.05, 3.63) is 69.5 Å². The van der Waals surface area contributed by atoms with E-state index in [9.17, 15) is 22.0 Å². The molecule has 0 bridgehead atoms. The molecule has 0 atom stereocenters. The first-order valence-corrected chi connectivity index (χ1v) is 5.44. The lowest BCUT2D eigenvalue weighted by molar-refractivity contribution is 0.376. The molecule has 0 aromatic heterocycles. The van der Waals surface area contributed by atoms with Crippen LogP contribution in [-0.2, 0) is 0 Å². The Bertz CT molecular complexity index is 781. The van der Waals surface area contributed by atoms with Crippen LogP contribution < -0.4 is 0 Å². The normalized spacial score (nSPS) is 9.71. The molecule has 0 saturated carbocycles. The fourth-order valence-electron chi connectivity index (χ4n) is 1.46. The average Bonchev–Trinajstić information content (AvgIpc) is 2.51. The van der Waals surface area contributed by atoms with Gasteiger partial charge in [-0.05, 0) is 12.1 Å². The zero-order valence-corrected chi connectivity index (χ0v) is 10.1. The smallest absolute Gasteiger partial charge is 0.202 e. The van der Waals surface area contributed by atoms with Gasteiger partial charge in [0.2, 0.25) is 11.2 Å². The lowest BCUT2D eigenvalue weighted by Crippen LogP contribution is -2.04. The Morgan fingerprint density at radius 1 is 0.714 bits per heavy atom. The van der Waals surface area contributed by atoms with Crippen LogP contribution in [0.25, 0.3) is 4.98 Å². The van der Waals surface area contributed by atoms with Crippen LogP contribution in [0.15, 0.2) is 24.3 Å². The molecule has 0 unspecified atom stereocenters. The molecule has 0 radical (unpaired) electrons. The van der Waals surface area contributed by atoms with E-state index in [1.165, 1.54) is 24.3 Å². The molecule has 0 aliphatic heterocycles. The summed E-state index contributed by atoms with van der Waals surface area (Å²) in [6, 6.07) is 5.41. The second-order valence-corrected chi connectivity index (χ2v) is 3.84. The van der Waals surface area contributed by atoms with Crippen LogP contribution in [-0.4, -0.2) is 0 Å². The Balaban J connectivity index is 2.50. The monoisotopic (exact) mass is 295 g/mol. The minimum absolute atomic E-state index is 0.219. The van der Waals surface area contributed by atoms with Gasteiger partial charge in [-0.25, -0.2) is 22.0 Å². The van der Waals surface area contributed by atoms with Crippen LogP contribution in [0.1, 0.15) is 11.1 Å². The molecule has 0 fully saturated rings. The van der Waals surface area contributed by atoms with Gasteiger partial charge in [0.25, 0.3) is 0 Å². The summed E-state index contributed by atoms with van der Waals surface area (Å²) in [6.07, 6.45) is 0. The van der Waals surface area contributed by atoms with E-state index >= 15 is 0 Å². The summed E-state index contributed by atoms with van der Waals surface area (Å²) in [6.45, 7) is 0. The van der Waals surface area contributed by atoms with Gasteiger partial charge in [-0.15, -0.1) is 0 Å². The highest BCUT2D eigenvalue weighted by Gasteiger charge is 2.24. The lowest BCUT2D eigenvalue weighted by Gasteiger charge is -2.02. The Hall–Kier alpha value is -2.93. The Morgan fingerprint density at radius 3 is 1.67 bits per heavy atom. The Morgan fingerprint density at radius 2 is 1.19 bits per heavy atom. The van der Waals surface area contributed by atoms with Crippen molar-refractivity contribution < 1.29 is 22.0 Å². The van der Waals surface area contributed by atoms with Crippen LogP contribution in [0.5, 0.6) is 0 Å². The molecular formula is C14H4F5N2+. The summed E-state index contributed by atoms with van der Waals surface area (Å²) >= 11 is 0. The van der Waals surface area contributed by atoms with Crippen LogP contribution >= 0.6 is 0 Å². The van der Waals surface area contributed by atoms with Crippen LogP contribution in [0.2, 0.25) is 0 Å². The third kappa shape index (κ3) is 2.67. The van der Waals surface area contributed by atoms with Gasteiger partial charge >= 0.3 is 5.69 Å². The van der Waals surface area contributed by atoms with E-state index in [0.717, 1.165) is 0 Å². The predicted molar refractivity (Wildman–Crippen MR) is 63.4 cm³/mol. The number of benzene rings is 2. The van der Waals surface area contributed by atoms with Crippen molar-refractivity contribution in [2.75, 3.05) is 0 Å². The summed E-state index contributed by atoms with van der Waals surface area (Å²) in [5.41, 5.74) is -0.745. The van der Waals surface area contributed by atoms with E-state index in [-0.39, 0.29) is 11.3 Å². The maximum absolute atomic E-state index is 13.4. The molecule has 2 nitrogen and oxygen atoms in total. The summed E-state index contributed by atoms with van der Waals surface area (Å²) < 4.78 is 65.5. The summed E-state index contributed by atoms with van der Waals surface area (Å²) in [5, 5.41) is 8.47. The largest absolute Gasteiger partial charge is 0.385 e. The molecule has 2 aromatic rings. The van der Waals surface area contributed by atoms with Crippen LogP contribution in [0.4, 0.5) is 27.6 Å². The standard InChI is InChI=1S/C14H4F5N2/c15-10-9(11(16)13(18)14(19)12(10)17)6-3-7-1-4-8(21-20)5-2-7/h1-2,4-5H/q+1. The molecule has 0 heterocycles. The summed E-state index contributed by atoms with van der Waals surface area (Å²) in [5.74, 6) is -6.14. The zero-order valence-electron chi connectivity index (χ0n) is 10.1. The first-order chi connectivity index (χ1) is 9.95. The molecule has 21 heavy (non-hydrogen) atoms. The average molecular weight is 295 g/mol. The van der Waals surface area contributed by atoms with Crippen molar-refractivity contribution >= 4 is 5.69 Å². The van der Waals surface area contributed by atoms with Crippen molar-refractivity contribution in [3.8, 4) is 11.8 Å². The Kier molecular flexibility index (Phi) is 3.86. The summed E-state index contributed by atoms with van der Waals surface area (Å²) in [4.78, 5) is 2.88. The molecule has 2 aromatic carbocycles. The highest BCUT2D eigenvalue weighted by atomic mass is 19.2. The van der Waals surface area contributed by atoms with Gasteiger partial charge in [-0.1, -0.05) is 11.8 Å². The first-order valence-electron chi connectivity index (χ1n) is 5.44. The molecule has 2 rings (SSSR count). The van der Waals surface area contributed by atoms with E-state index in [2.05, 4.69) is 10.9 Å². The van der Waals surface area contributed by atoms with Crippen molar-refractivity contribution in [1.29, 1.82) is 5.39 Å². The van der Waals surface area contributed by atoms with Gasteiger partial charge < -0.3 is 0 Å². The third-order valence-electron chi connectivity index (χ3n) is 2.52. The molecule has 0 saturated heterocycles. The second-order valence-electron chi connectivity index (χ2n) is 3.84. The minimum atomic E-state index is -2.23. The number of hydrogen-bond donors (Lipinski definition) is 0. The number of rotatable bonds is 0. The first kappa shape index (κ1) is 14.5. The maximum atomic E-state index is 13.4. The zero-order chi connectivity index (χ0) is 15.6. The van der Waals surface area contributed by atoms with E-state index in [1.54, 1.807) is 0 Å². The molecular weight excluding hydrogens is 291 g/mol. The van der Waals surface area contributed by atoms with Crippen molar-refractivity contribution in [1.82, 2.24) is 0 Å². The van der Waals surface area contributed by atoms with Crippen LogP contribution in [0.3, 0.4) is 0 Å². The predicted octanol–water partition coefficient (Wildman–Crippen LogP) is 4.27. The van der Waals surface area contributed by atoms with Crippen molar-refractivity contribution in [3.63, 3.8) is 0 Å². The number of nitrogens with zero attached hydrogens (tertiary/aromatic N) is 2. The molecule has 0 aliphatic rings. The van der Waals surface area contributed by atoms with E-state index in [1.807, 2.05) is 5.92 Å². The molecule has 7 heteroatoms. The molecule has 0 N–H and O–H groups in total. The van der Waals surface area contributed by atoms with Gasteiger partial charge in [0.15, 0.2) is 28.2 Å². The molecule has 104 valence electrons. The second kappa shape index (κ2) is 5.59. The van der Waals surface area contributed by atoms with Gasteiger partial charge in [0.1, 0.15) is 5.56 Å². The summed E-state index contributed by atoms with van der Waals surface area (Å²) in [7, 11) is 0. The van der Waals surface area contributed by atoms with Crippen LogP contribution in [0, 0.1) is 46.3 Å². The molecule has 0 spiro atoms. The number of diazo groups is 1. The number of halogens is 5. The van der Waals surface area contributed by atoms with Gasteiger partial charge in [0, 0.05) is 17.7 Å². The number of hydrogen-bond acceptors (Lipinski definition) is 1. The third-order valence-corrected chi connectivity index (χ3v) is 2.52. The quantitative estimate of drug-likeness (QED) is 0.234. The lowest BCUT2D eigenvalue weighted by atomic mass is 10.1. The maximum Gasteiger partial charge on any atom is 0.385 e. The topological polar surface area (TPSA) is 28.1 Å². The SMILES string of the molecule is N#[N+]c1ccc(C#Cc2c(F)c(F)c(F)c(F)c2F)cc1.